The maximum Gasteiger partial charge on any atom is 0.167 e. The molecule has 1 aromatic heterocycles. The lowest BCUT2D eigenvalue weighted by Gasteiger charge is -2.50. The van der Waals surface area contributed by atoms with Crippen LogP contribution in [0.4, 0.5) is 0 Å². The highest BCUT2D eigenvalue weighted by atomic mass is 16.6. The molecule has 0 amide bonds. The Bertz CT molecular complexity index is 989. The van der Waals surface area contributed by atoms with Crippen molar-refractivity contribution >= 4 is 5.78 Å². The summed E-state index contributed by atoms with van der Waals surface area (Å²) in [7, 11) is 0. The molecule has 0 spiro atoms. The lowest BCUT2D eigenvalue weighted by atomic mass is 9.56. The van der Waals surface area contributed by atoms with E-state index in [1.807, 2.05) is 31.2 Å². The van der Waals surface area contributed by atoms with Crippen LogP contribution in [0.3, 0.4) is 0 Å². The number of ketones is 1. The third-order valence-electron chi connectivity index (χ3n) is 7.88. The SMILES string of the molecule is CCC[C@@]1(O)CC[C@@]2(CC)c3ccc(C(=O)Cc4cccnc4C)cc3COC(O)[C@H]2C1. The van der Waals surface area contributed by atoms with Gasteiger partial charge in [0.25, 0.3) is 0 Å². The van der Waals surface area contributed by atoms with Crippen molar-refractivity contribution < 1.29 is 19.7 Å². The van der Waals surface area contributed by atoms with E-state index in [4.69, 9.17) is 4.74 Å². The van der Waals surface area contributed by atoms with Crippen molar-refractivity contribution in [3.8, 4) is 0 Å². The van der Waals surface area contributed by atoms with Crippen LogP contribution in [0.5, 0.6) is 0 Å². The number of fused-ring (bicyclic) bond motifs is 3. The third-order valence-corrected chi connectivity index (χ3v) is 7.88. The molecule has 1 saturated carbocycles. The first-order valence-corrected chi connectivity index (χ1v) is 11.9. The lowest BCUT2D eigenvalue weighted by Crippen LogP contribution is -2.51. The topological polar surface area (TPSA) is 79.7 Å². The number of Topliss-reactive ketones (excluding diaryl/α,β-unsaturated/α-hetero) is 1. The zero-order chi connectivity index (χ0) is 22.9. The van der Waals surface area contributed by atoms with Crippen LogP contribution in [-0.2, 0) is 23.2 Å². The summed E-state index contributed by atoms with van der Waals surface area (Å²) in [6.45, 7) is 6.43. The number of carbonyl (C=O) groups excluding carboxylic acids is 1. The molecule has 5 heteroatoms. The number of nitrogens with zero attached hydrogens (tertiary/aromatic N) is 1. The zero-order valence-corrected chi connectivity index (χ0v) is 19.4. The van der Waals surface area contributed by atoms with Gasteiger partial charge in [0, 0.05) is 35.2 Å². The van der Waals surface area contributed by atoms with Gasteiger partial charge in [-0.05, 0) is 67.9 Å². The van der Waals surface area contributed by atoms with Gasteiger partial charge in [0.15, 0.2) is 12.1 Å². The van der Waals surface area contributed by atoms with E-state index in [1.165, 1.54) is 0 Å². The van der Waals surface area contributed by atoms with Crippen LogP contribution in [-0.4, -0.2) is 32.9 Å². The minimum Gasteiger partial charge on any atom is -0.390 e. The maximum atomic E-state index is 13.0. The Morgan fingerprint density at radius 2 is 2.06 bits per heavy atom. The third kappa shape index (κ3) is 4.14. The molecule has 2 N–H and O–H groups in total. The normalized spacial score (nSPS) is 29.7. The standard InChI is InChI=1S/C27H35NO4/c1-4-10-26(31)11-12-27(5-2)22-9-8-20(14-21(22)17-32-25(30)23(27)16-26)24(29)15-19-7-6-13-28-18(19)3/h6-9,13-14,23,25,30-31H,4-5,10-12,15-17H2,1-3H3/t23-,25?,26-,27+/m1/s1. The first-order valence-electron chi connectivity index (χ1n) is 11.9. The minimum atomic E-state index is -0.928. The van der Waals surface area contributed by atoms with Crippen molar-refractivity contribution in [3.05, 3.63) is 64.5 Å². The molecule has 1 aliphatic heterocycles. The fourth-order valence-electron chi connectivity index (χ4n) is 6.02. The molecule has 1 aliphatic carbocycles. The number of hydrogen-bond donors (Lipinski definition) is 2. The molecule has 2 aromatic rings. The molecule has 1 fully saturated rings. The van der Waals surface area contributed by atoms with Gasteiger partial charge in [-0.1, -0.05) is 38.5 Å². The van der Waals surface area contributed by atoms with Crippen molar-refractivity contribution in [3.63, 3.8) is 0 Å². The molecule has 0 saturated heterocycles. The monoisotopic (exact) mass is 437 g/mol. The van der Waals surface area contributed by atoms with E-state index in [9.17, 15) is 15.0 Å². The van der Waals surface area contributed by atoms with E-state index in [0.29, 0.717) is 18.4 Å². The molecule has 172 valence electrons. The number of aliphatic hydroxyl groups excluding tert-OH is 1. The Morgan fingerprint density at radius 1 is 1.25 bits per heavy atom. The summed E-state index contributed by atoms with van der Waals surface area (Å²) in [6, 6.07) is 9.74. The van der Waals surface area contributed by atoms with Crippen molar-refractivity contribution in [1.29, 1.82) is 0 Å². The largest absolute Gasteiger partial charge is 0.390 e. The van der Waals surface area contributed by atoms with Crippen molar-refractivity contribution in [1.82, 2.24) is 4.98 Å². The Balaban J connectivity index is 1.67. The quantitative estimate of drug-likeness (QED) is 0.644. The van der Waals surface area contributed by atoms with Crippen LogP contribution < -0.4 is 0 Å². The predicted molar refractivity (Wildman–Crippen MR) is 123 cm³/mol. The molecule has 2 heterocycles. The summed E-state index contributed by atoms with van der Waals surface area (Å²) in [6.07, 6.45) is 5.70. The molecule has 1 aromatic carbocycles. The van der Waals surface area contributed by atoms with E-state index in [1.54, 1.807) is 6.20 Å². The molecular weight excluding hydrogens is 402 g/mol. The predicted octanol–water partition coefficient (Wildman–Crippen LogP) is 4.64. The summed E-state index contributed by atoms with van der Waals surface area (Å²) in [5, 5.41) is 22.1. The average Bonchev–Trinajstić information content (AvgIpc) is 2.90. The fraction of sp³-hybridized carbons (Fsp3) is 0.556. The van der Waals surface area contributed by atoms with Gasteiger partial charge in [-0.15, -0.1) is 0 Å². The fourth-order valence-corrected chi connectivity index (χ4v) is 6.02. The average molecular weight is 438 g/mol. The Labute approximate surface area is 190 Å². The van der Waals surface area contributed by atoms with Crippen LogP contribution in [0.2, 0.25) is 0 Å². The first-order chi connectivity index (χ1) is 15.3. The molecule has 5 nitrogen and oxygen atoms in total. The van der Waals surface area contributed by atoms with Gasteiger partial charge in [0.2, 0.25) is 0 Å². The number of hydrogen-bond acceptors (Lipinski definition) is 5. The highest BCUT2D eigenvalue weighted by molar-refractivity contribution is 5.97. The molecule has 0 radical (unpaired) electrons. The van der Waals surface area contributed by atoms with Crippen LogP contribution in [0, 0.1) is 12.8 Å². The van der Waals surface area contributed by atoms with E-state index in [0.717, 1.165) is 54.5 Å². The van der Waals surface area contributed by atoms with E-state index in [2.05, 4.69) is 24.9 Å². The van der Waals surface area contributed by atoms with Crippen molar-refractivity contribution in [2.45, 2.75) is 89.6 Å². The summed E-state index contributed by atoms with van der Waals surface area (Å²) in [5.41, 5.74) is 3.60. The Morgan fingerprint density at radius 3 is 2.78 bits per heavy atom. The highest BCUT2D eigenvalue weighted by Crippen LogP contribution is 2.54. The van der Waals surface area contributed by atoms with Crippen LogP contribution in [0.25, 0.3) is 0 Å². The van der Waals surface area contributed by atoms with Crippen molar-refractivity contribution in [2.24, 2.45) is 5.92 Å². The smallest absolute Gasteiger partial charge is 0.167 e. The summed E-state index contributed by atoms with van der Waals surface area (Å²) >= 11 is 0. The summed E-state index contributed by atoms with van der Waals surface area (Å²) in [4.78, 5) is 17.3. The number of benzene rings is 1. The van der Waals surface area contributed by atoms with E-state index >= 15 is 0 Å². The highest BCUT2D eigenvalue weighted by Gasteiger charge is 2.53. The van der Waals surface area contributed by atoms with Gasteiger partial charge in [0.1, 0.15) is 0 Å². The number of rotatable bonds is 6. The summed E-state index contributed by atoms with van der Waals surface area (Å²) < 4.78 is 5.89. The molecule has 1 unspecified atom stereocenters. The molecular formula is C27H35NO4. The van der Waals surface area contributed by atoms with Crippen LogP contribution in [0.15, 0.2) is 36.5 Å². The van der Waals surface area contributed by atoms with Gasteiger partial charge in [-0.25, -0.2) is 0 Å². The molecule has 0 bridgehead atoms. The number of ether oxygens (including phenoxy) is 1. The van der Waals surface area contributed by atoms with Crippen molar-refractivity contribution in [2.75, 3.05) is 0 Å². The second-order valence-corrected chi connectivity index (χ2v) is 9.72. The molecule has 4 rings (SSSR count). The molecule has 2 aliphatic rings. The van der Waals surface area contributed by atoms with Gasteiger partial charge in [0.05, 0.1) is 12.2 Å². The first kappa shape index (κ1) is 23.1. The van der Waals surface area contributed by atoms with Crippen LogP contribution >= 0.6 is 0 Å². The Hall–Kier alpha value is -2.08. The van der Waals surface area contributed by atoms with Crippen LogP contribution in [0.1, 0.15) is 85.1 Å². The van der Waals surface area contributed by atoms with Gasteiger partial charge in [-0.3, -0.25) is 9.78 Å². The maximum absolute atomic E-state index is 13.0. The second-order valence-electron chi connectivity index (χ2n) is 9.72. The Kier molecular flexibility index (Phi) is 6.53. The molecule has 4 atom stereocenters. The van der Waals surface area contributed by atoms with Gasteiger partial charge >= 0.3 is 0 Å². The minimum absolute atomic E-state index is 0.0526. The number of aryl methyl sites for hydroxylation is 1. The number of aromatic nitrogens is 1. The number of pyridine rings is 1. The number of carbonyl (C=O) groups is 1. The zero-order valence-electron chi connectivity index (χ0n) is 19.4. The summed E-state index contributed by atoms with van der Waals surface area (Å²) in [5.74, 6) is -0.115. The van der Waals surface area contributed by atoms with E-state index in [-0.39, 0.29) is 23.7 Å². The van der Waals surface area contributed by atoms with E-state index < -0.39 is 11.9 Å². The molecule has 32 heavy (non-hydrogen) atoms. The number of aliphatic hydroxyl groups is 2. The lowest BCUT2D eigenvalue weighted by molar-refractivity contribution is -0.184. The van der Waals surface area contributed by atoms with Gasteiger partial charge < -0.3 is 14.9 Å². The van der Waals surface area contributed by atoms with Gasteiger partial charge in [-0.2, -0.15) is 0 Å². The second kappa shape index (κ2) is 9.05.